The van der Waals surface area contributed by atoms with Gasteiger partial charge in [0.15, 0.2) is 0 Å². The number of benzene rings is 1. The zero-order valence-corrected chi connectivity index (χ0v) is 14.3. The largest absolute Gasteiger partial charge is 0.443 e. The van der Waals surface area contributed by atoms with Crippen LogP contribution in [0.4, 0.5) is 4.79 Å². The second kappa shape index (κ2) is 10.0. The van der Waals surface area contributed by atoms with Crippen molar-refractivity contribution in [2.75, 3.05) is 0 Å². The van der Waals surface area contributed by atoms with Gasteiger partial charge in [-0.2, -0.15) is 0 Å². The Labute approximate surface area is 147 Å². The molecule has 0 bridgehead atoms. The molecule has 1 saturated carbocycles. The molecule has 2 rings (SSSR count). The normalized spacial score (nSPS) is 17.4. The van der Waals surface area contributed by atoms with E-state index in [1.54, 1.807) is 0 Å². The summed E-state index contributed by atoms with van der Waals surface area (Å²) in [4.78, 5) is 23.5. The molecular weight excluding hydrogens is 322 g/mol. The van der Waals surface area contributed by atoms with Gasteiger partial charge in [0.2, 0.25) is 0 Å². The lowest BCUT2D eigenvalue weighted by atomic mass is 9.84. The molecule has 2 atom stereocenters. The molecule has 0 radical (unpaired) electrons. The minimum Gasteiger partial charge on any atom is -0.443 e. The van der Waals surface area contributed by atoms with Crippen molar-refractivity contribution in [2.24, 2.45) is 11.7 Å². The third-order valence-corrected chi connectivity index (χ3v) is 4.50. The highest BCUT2D eigenvalue weighted by atomic mass is 16.6. The van der Waals surface area contributed by atoms with Crippen LogP contribution >= 0.6 is 0 Å². The van der Waals surface area contributed by atoms with E-state index in [0.29, 0.717) is 12.3 Å². The smallest absolute Gasteiger partial charge is 0.426 e. The van der Waals surface area contributed by atoms with E-state index in [4.69, 9.17) is 10.5 Å². The van der Waals surface area contributed by atoms with Crippen molar-refractivity contribution in [1.82, 2.24) is 10.9 Å². The molecule has 1 aliphatic rings. The minimum atomic E-state index is -1.36. The van der Waals surface area contributed by atoms with Gasteiger partial charge in [0.05, 0.1) is 0 Å². The fourth-order valence-electron chi connectivity index (χ4n) is 3.08. The molecule has 0 spiro atoms. The third-order valence-electron chi connectivity index (χ3n) is 4.50. The van der Waals surface area contributed by atoms with E-state index in [0.717, 1.165) is 18.4 Å². The zero-order valence-electron chi connectivity index (χ0n) is 14.3. The van der Waals surface area contributed by atoms with Crippen LogP contribution in [0.1, 0.15) is 44.1 Å². The molecule has 25 heavy (non-hydrogen) atoms. The maximum Gasteiger partial charge on any atom is 0.426 e. The lowest BCUT2D eigenvalue weighted by molar-refractivity contribution is -0.131. The first kappa shape index (κ1) is 19.2. The van der Waals surface area contributed by atoms with Crippen LogP contribution in [0.15, 0.2) is 30.3 Å². The molecule has 0 aliphatic heterocycles. The van der Waals surface area contributed by atoms with Gasteiger partial charge in [-0.15, -0.1) is 0 Å². The van der Waals surface area contributed by atoms with Crippen LogP contribution in [0.2, 0.25) is 0 Å². The molecule has 2 amide bonds. The van der Waals surface area contributed by atoms with Crippen molar-refractivity contribution < 1.29 is 19.4 Å². The number of hydrogen-bond donors (Lipinski definition) is 4. The van der Waals surface area contributed by atoms with Crippen LogP contribution < -0.4 is 16.6 Å². The van der Waals surface area contributed by atoms with Crippen molar-refractivity contribution in [1.29, 1.82) is 0 Å². The number of carbonyl (C=O) groups is 2. The quantitative estimate of drug-likeness (QED) is 0.583. The number of carbonyl (C=O) groups excluding carboxylic acids is 2. The predicted octanol–water partition coefficient (Wildman–Crippen LogP) is 1.60. The van der Waals surface area contributed by atoms with Crippen molar-refractivity contribution in [2.45, 2.75) is 57.3 Å². The first-order valence-corrected chi connectivity index (χ1v) is 8.76. The van der Waals surface area contributed by atoms with Gasteiger partial charge in [0.25, 0.3) is 5.91 Å². The summed E-state index contributed by atoms with van der Waals surface area (Å²) < 4.78 is 4.96. The molecule has 7 nitrogen and oxygen atoms in total. The molecule has 7 heteroatoms. The number of nitrogens with two attached hydrogens (primary N) is 1. The molecular formula is C18H27N3O4. The topological polar surface area (TPSA) is 114 Å². The van der Waals surface area contributed by atoms with Crippen molar-refractivity contribution in [3.63, 3.8) is 0 Å². The first-order chi connectivity index (χ1) is 12.1. The maximum absolute atomic E-state index is 11.9. The van der Waals surface area contributed by atoms with E-state index < -0.39 is 24.1 Å². The van der Waals surface area contributed by atoms with Crippen LogP contribution in [-0.4, -0.2) is 29.3 Å². The van der Waals surface area contributed by atoms with E-state index in [2.05, 4.69) is 10.9 Å². The van der Waals surface area contributed by atoms with E-state index in [1.807, 2.05) is 30.3 Å². The molecule has 1 fully saturated rings. The van der Waals surface area contributed by atoms with E-state index >= 15 is 0 Å². The van der Waals surface area contributed by atoms with E-state index in [9.17, 15) is 14.7 Å². The van der Waals surface area contributed by atoms with Crippen LogP contribution in [-0.2, 0) is 16.1 Å². The van der Waals surface area contributed by atoms with Crippen molar-refractivity contribution in [3.8, 4) is 0 Å². The second-order valence-corrected chi connectivity index (χ2v) is 6.52. The number of hydrazine groups is 1. The van der Waals surface area contributed by atoms with Crippen molar-refractivity contribution in [3.05, 3.63) is 35.9 Å². The number of ether oxygens (including phenoxy) is 1. The van der Waals surface area contributed by atoms with Gasteiger partial charge < -0.3 is 15.6 Å². The van der Waals surface area contributed by atoms with Gasteiger partial charge in [0.1, 0.15) is 12.7 Å². The molecule has 1 aromatic rings. The average molecular weight is 349 g/mol. The lowest BCUT2D eigenvalue weighted by Gasteiger charge is -2.26. The number of rotatable bonds is 6. The molecule has 1 aliphatic carbocycles. The molecule has 5 N–H and O–H groups in total. The van der Waals surface area contributed by atoms with Crippen molar-refractivity contribution >= 4 is 12.0 Å². The summed E-state index contributed by atoms with van der Waals surface area (Å²) in [6.07, 6.45) is 4.21. The van der Waals surface area contributed by atoms with Gasteiger partial charge in [-0.25, -0.2) is 10.2 Å². The fraction of sp³-hybridized carbons (Fsp3) is 0.556. The van der Waals surface area contributed by atoms with Crippen LogP contribution in [0.5, 0.6) is 0 Å². The first-order valence-electron chi connectivity index (χ1n) is 8.76. The fourth-order valence-corrected chi connectivity index (χ4v) is 3.08. The molecule has 0 heterocycles. The summed E-state index contributed by atoms with van der Waals surface area (Å²) >= 11 is 0. The SMILES string of the molecule is N[C@H](CC1CCCCC1)C(O)C(=O)NNC(=O)OCc1ccccc1. The van der Waals surface area contributed by atoms with Gasteiger partial charge in [-0.05, 0) is 17.9 Å². The van der Waals surface area contributed by atoms with Gasteiger partial charge in [0, 0.05) is 6.04 Å². The highest BCUT2D eigenvalue weighted by Crippen LogP contribution is 2.27. The van der Waals surface area contributed by atoms with Crippen LogP contribution in [0.3, 0.4) is 0 Å². The molecule has 1 aromatic carbocycles. The molecule has 0 aromatic heterocycles. The molecule has 1 unspecified atom stereocenters. The Morgan fingerprint density at radius 2 is 1.84 bits per heavy atom. The second-order valence-electron chi connectivity index (χ2n) is 6.52. The Morgan fingerprint density at radius 3 is 2.52 bits per heavy atom. The predicted molar refractivity (Wildman–Crippen MR) is 93.1 cm³/mol. The van der Waals surface area contributed by atoms with Crippen LogP contribution in [0, 0.1) is 5.92 Å². The number of aliphatic hydroxyl groups excluding tert-OH is 1. The Kier molecular flexibility index (Phi) is 7.69. The Hall–Kier alpha value is -2.12. The highest BCUT2D eigenvalue weighted by Gasteiger charge is 2.26. The Bertz CT molecular complexity index is 547. The molecule has 0 saturated heterocycles. The summed E-state index contributed by atoms with van der Waals surface area (Å²) in [6, 6.07) is 8.53. The zero-order chi connectivity index (χ0) is 18.1. The summed E-state index contributed by atoms with van der Waals surface area (Å²) in [5, 5.41) is 10.0. The minimum absolute atomic E-state index is 0.0896. The Morgan fingerprint density at radius 1 is 1.16 bits per heavy atom. The highest BCUT2D eigenvalue weighted by molar-refractivity contribution is 5.83. The summed E-state index contributed by atoms with van der Waals surface area (Å²) in [5.41, 5.74) is 11.0. The van der Waals surface area contributed by atoms with E-state index in [-0.39, 0.29) is 6.61 Å². The monoisotopic (exact) mass is 349 g/mol. The average Bonchev–Trinajstić information content (AvgIpc) is 2.65. The van der Waals surface area contributed by atoms with E-state index in [1.165, 1.54) is 19.3 Å². The number of nitrogens with one attached hydrogen (secondary N) is 2. The number of amides is 2. The Balaban J connectivity index is 1.66. The number of aliphatic hydroxyl groups is 1. The summed E-state index contributed by atoms with van der Waals surface area (Å²) in [5.74, 6) is -0.282. The number of hydrogen-bond acceptors (Lipinski definition) is 5. The van der Waals surface area contributed by atoms with Crippen LogP contribution in [0.25, 0.3) is 0 Å². The van der Waals surface area contributed by atoms with Gasteiger partial charge in [-0.1, -0.05) is 62.4 Å². The summed E-state index contributed by atoms with van der Waals surface area (Å²) in [6.45, 7) is 0.0896. The third kappa shape index (κ3) is 6.72. The lowest BCUT2D eigenvalue weighted by Crippen LogP contribution is -2.52. The standard InChI is InChI=1S/C18H27N3O4/c19-15(11-13-7-3-1-4-8-13)16(22)17(23)20-21-18(24)25-12-14-9-5-2-6-10-14/h2,5-6,9-10,13,15-16,22H,1,3-4,7-8,11-12,19H2,(H,20,23)(H,21,24)/t15-,16?/m1/s1. The maximum atomic E-state index is 11.9. The summed E-state index contributed by atoms with van der Waals surface area (Å²) in [7, 11) is 0. The molecule has 138 valence electrons. The van der Waals surface area contributed by atoms with Gasteiger partial charge >= 0.3 is 6.09 Å². The van der Waals surface area contributed by atoms with Gasteiger partial charge in [-0.3, -0.25) is 10.2 Å².